The summed E-state index contributed by atoms with van der Waals surface area (Å²) in [5.74, 6) is -0.0394. The SMILES string of the molecule is CN1CCCN(C(=O)Cc2ccccc2O)CC1=O. The number of phenolic OH excluding ortho intramolecular Hbond substituents is 1. The van der Waals surface area contributed by atoms with Gasteiger partial charge in [0, 0.05) is 25.7 Å². The van der Waals surface area contributed by atoms with Crippen molar-refractivity contribution in [2.75, 3.05) is 26.7 Å². The molecule has 0 saturated carbocycles. The molecular weight excluding hydrogens is 244 g/mol. The first-order valence-electron chi connectivity index (χ1n) is 6.36. The first kappa shape index (κ1) is 13.4. The van der Waals surface area contributed by atoms with Gasteiger partial charge in [0.05, 0.1) is 13.0 Å². The van der Waals surface area contributed by atoms with E-state index in [4.69, 9.17) is 0 Å². The van der Waals surface area contributed by atoms with Crippen molar-refractivity contribution in [2.45, 2.75) is 12.8 Å². The number of rotatable bonds is 2. The van der Waals surface area contributed by atoms with Crippen molar-refractivity contribution < 1.29 is 14.7 Å². The maximum atomic E-state index is 12.2. The lowest BCUT2D eigenvalue weighted by Crippen LogP contribution is -2.38. The van der Waals surface area contributed by atoms with Crippen molar-refractivity contribution in [3.05, 3.63) is 29.8 Å². The molecular formula is C14H18N2O3. The fourth-order valence-corrected chi connectivity index (χ4v) is 2.13. The summed E-state index contributed by atoms with van der Waals surface area (Å²) >= 11 is 0. The van der Waals surface area contributed by atoms with E-state index in [2.05, 4.69) is 0 Å². The van der Waals surface area contributed by atoms with E-state index < -0.39 is 0 Å². The van der Waals surface area contributed by atoms with Gasteiger partial charge in [0.25, 0.3) is 0 Å². The Hall–Kier alpha value is -2.04. The van der Waals surface area contributed by atoms with Gasteiger partial charge in [-0.1, -0.05) is 18.2 Å². The number of phenols is 1. The molecule has 1 aromatic carbocycles. The Morgan fingerprint density at radius 3 is 2.79 bits per heavy atom. The molecule has 0 aliphatic carbocycles. The van der Waals surface area contributed by atoms with Crippen LogP contribution in [0.1, 0.15) is 12.0 Å². The van der Waals surface area contributed by atoms with Crippen molar-refractivity contribution in [2.24, 2.45) is 0 Å². The van der Waals surface area contributed by atoms with E-state index in [0.717, 1.165) is 6.42 Å². The molecule has 0 radical (unpaired) electrons. The number of para-hydroxylation sites is 1. The highest BCUT2D eigenvalue weighted by molar-refractivity contribution is 5.86. The van der Waals surface area contributed by atoms with Crippen molar-refractivity contribution in [1.29, 1.82) is 0 Å². The monoisotopic (exact) mass is 262 g/mol. The molecule has 1 aliphatic heterocycles. The van der Waals surface area contributed by atoms with Crippen LogP contribution in [0.25, 0.3) is 0 Å². The smallest absolute Gasteiger partial charge is 0.241 e. The van der Waals surface area contributed by atoms with Crippen molar-refractivity contribution in [3.63, 3.8) is 0 Å². The molecule has 2 amide bonds. The largest absolute Gasteiger partial charge is 0.508 e. The maximum absolute atomic E-state index is 12.2. The maximum Gasteiger partial charge on any atom is 0.241 e. The molecule has 1 fully saturated rings. The standard InChI is InChI=1S/C14H18N2O3/c1-15-7-4-8-16(10-14(15)19)13(18)9-11-5-2-3-6-12(11)17/h2-3,5-6,17H,4,7-10H2,1H3. The van der Waals surface area contributed by atoms with Gasteiger partial charge in [0.15, 0.2) is 0 Å². The summed E-state index contributed by atoms with van der Waals surface area (Å²) in [7, 11) is 1.75. The highest BCUT2D eigenvalue weighted by atomic mass is 16.3. The highest BCUT2D eigenvalue weighted by Gasteiger charge is 2.23. The van der Waals surface area contributed by atoms with E-state index >= 15 is 0 Å². The average molecular weight is 262 g/mol. The summed E-state index contributed by atoms with van der Waals surface area (Å²) in [6.07, 6.45) is 0.915. The molecule has 0 bridgehead atoms. The summed E-state index contributed by atoms with van der Waals surface area (Å²) in [6, 6.07) is 6.78. The molecule has 2 rings (SSSR count). The normalized spacial score (nSPS) is 16.4. The van der Waals surface area contributed by atoms with E-state index in [1.807, 2.05) is 0 Å². The van der Waals surface area contributed by atoms with Crippen LogP contribution < -0.4 is 0 Å². The second-order valence-electron chi connectivity index (χ2n) is 4.79. The number of hydrogen-bond donors (Lipinski definition) is 1. The number of benzene rings is 1. The summed E-state index contributed by atoms with van der Waals surface area (Å²) in [4.78, 5) is 27.1. The number of hydrogen-bond acceptors (Lipinski definition) is 3. The first-order valence-corrected chi connectivity index (χ1v) is 6.36. The van der Waals surface area contributed by atoms with Gasteiger partial charge in [-0.3, -0.25) is 9.59 Å². The fourth-order valence-electron chi connectivity index (χ4n) is 2.13. The number of carbonyl (C=O) groups is 2. The third-order valence-electron chi connectivity index (χ3n) is 3.36. The van der Waals surface area contributed by atoms with E-state index in [1.165, 1.54) is 0 Å². The first-order chi connectivity index (χ1) is 9.08. The molecule has 0 aromatic heterocycles. The minimum absolute atomic E-state index is 0.0388. The molecule has 1 aromatic rings. The number of likely N-dealkylation sites (N-methyl/N-ethyl adjacent to an activating group) is 1. The van der Waals surface area contributed by atoms with Gasteiger partial charge in [-0.05, 0) is 12.5 Å². The molecule has 19 heavy (non-hydrogen) atoms. The van der Waals surface area contributed by atoms with Gasteiger partial charge in [-0.2, -0.15) is 0 Å². The Morgan fingerprint density at radius 2 is 2.05 bits per heavy atom. The molecule has 5 heteroatoms. The van der Waals surface area contributed by atoms with Gasteiger partial charge in [-0.15, -0.1) is 0 Å². The Morgan fingerprint density at radius 1 is 1.32 bits per heavy atom. The zero-order valence-electron chi connectivity index (χ0n) is 11.0. The molecule has 1 heterocycles. The average Bonchev–Trinajstić information content (AvgIpc) is 2.55. The highest BCUT2D eigenvalue weighted by Crippen LogP contribution is 2.17. The Bertz CT molecular complexity index is 487. The van der Waals surface area contributed by atoms with Crippen LogP contribution in [-0.2, 0) is 16.0 Å². The van der Waals surface area contributed by atoms with Crippen LogP contribution in [0.5, 0.6) is 5.75 Å². The molecule has 0 spiro atoms. The van der Waals surface area contributed by atoms with E-state index in [1.54, 1.807) is 41.1 Å². The van der Waals surface area contributed by atoms with E-state index in [-0.39, 0.29) is 30.5 Å². The molecule has 5 nitrogen and oxygen atoms in total. The third kappa shape index (κ3) is 3.24. The Labute approximate surface area is 112 Å². The Balaban J connectivity index is 2.04. The van der Waals surface area contributed by atoms with Crippen LogP contribution in [-0.4, -0.2) is 53.4 Å². The minimum atomic E-state index is -0.120. The number of nitrogens with zero attached hydrogens (tertiary/aromatic N) is 2. The van der Waals surface area contributed by atoms with E-state index in [0.29, 0.717) is 18.7 Å². The summed E-state index contributed by atoms with van der Waals surface area (Å²) < 4.78 is 0. The number of amides is 2. The van der Waals surface area contributed by atoms with Crippen LogP contribution in [0.3, 0.4) is 0 Å². The molecule has 1 aliphatic rings. The van der Waals surface area contributed by atoms with Crippen LogP contribution in [0, 0.1) is 0 Å². The van der Waals surface area contributed by atoms with Crippen LogP contribution in [0.2, 0.25) is 0 Å². The second kappa shape index (κ2) is 5.73. The minimum Gasteiger partial charge on any atom is -0.508 e. The fraction of sp³-hybridized carbons (Fsp3) is 0.429. The zero-order chi connectivity index (χ0) is 13.8. The predicted molar refractivity (Wildman–Crippen MR) is 70.6 cm³/mol. The third-order valence-corrected chi connectivity index (χ3v) is 3.36. The van der Waals surface area contributed by atoms with Gasteiger partial charge in [0.2, 0.25) is 11.8 Å². The van der Waals surface area contributed by atoms with Gasteiger partial charge < -0.3 is 14.9 Å². The van der Waals surface area contributed by atoms with Crippen LogP contribution >= 0.6 is 0 Å². The molecule has 102 valence electrons. The summed E-state index contributed by atoms with van der Waals surface area (Å²) in [6.45, 7) is 1.39. The summed E-state index contributed by atoms with van der Waals surface area (Å²) in [5.41, 5.74) is 0.595. The lowest BCUT2D eigenvalue weighted by molar-refractivity contribution is -0.137. The van der Waals surface area contributed by atoms with Crippen molar-refractivity contribution in [3.8, 4) is 5.75 Å². The number of carbonyl (C=O) groups excluding carboxylic acids is 2. The van der Waals surface area contributed by atoms with E-state index in [9.17, 15) is 14.7 Å². The second-order valence-corrected chi connectivity index (χ2v) is 4.79. The molecule has 0 unspecified atom stereocenters. The van der Waals surface area contributed by atoms with Gasteiger partial charge >= 0.3 is 0 Å². The van der Waals surface area contributed by atoms with Crippen LogP contribution in [0.4, 0.5) is 0 Å². The van der Waals surface area contributed by atoms with Gasteiger partial charge in [-0.25, -0.2) is 0 Å². The molecule has 1 saturated heterocycles. The predicted octanol–water partition coefficient (Wildman–Crippen LogP) is 0.625. The van der Waals surface area contributed by atoms with Crippen LogP contribution in [0.15, 0.2) is 24.3 Å². The van der Waals surface area contributed by atoms with Crippen molar-refractivity contribution >= 4 is 11.8 Å². The summed E-state index contributed by atoms with van der Waals surface area (Å²) in [5, 5.41) is 9.66. The lowest BCUT2D eigenvalue weighted by Gasteiger charge is -2.20. The Kier molecular flexibility index (Phi) is 4.04. The molecule has 0 atom stereocenters. The molecule has 1 N–H and O–H groups in total. The lowest BCUT2D eigenvalue weighted by atomic mass is 10.1. The van der Waals surface area contributed by atoms with Gasteiger partial charge in [0.1, 0.15) is 5.75 Å². The van der Waals surface area contributed by atoms with Crippen molar-refractivity contribution in [1.82, 2.24) is 9.80 Å². The topological polar surface area (TPSA) is 60.9 Å². The number of aromatic hydroxyl groups is 1. The zero-order valence-corrected chi connectivity index (χ0v) is 11.0. The quantitative estimate of drug-likeness (QED) is 0.850.